The first-order valence-corrected chi connectivity index (χ1v) is 8.61. The molecular formula is C15H19FN2O4S. The summed E-state index contributed by atoms with van der Waals surface area (Å²) in [5.41, 5.74) is 0.309. The summed E-state index contributed by atoms with van der Waals surface area (Å²) >= 11 is 0. The molecule has 0 bridgehead atoms. The molecule has 0 atom stereocenters. The van der Waals surface area contributed by atoms with Gasteiger partial charge in [-0.2, -0.15) is 4.31 Å². The number of aliphatic hydroxyl groups excluding tert-OH is 1. The number of aliphatic hydroxyl groups is 1. The van der Waals surface area contributed by atoms with E-state index in [4.69, 9.17) is 5.11 Å². The summed E-state index contributed by atoms with van der Waals surface area (Å²) < 4.78 is 38.7. The van der Waals surface area contributed by atoms with Crippen molar-refractivity contribution < 1.29 is 22.7 Å². The summed E-state index contributed by atoms with van der Waals surface area (Å²) in [7, 11) is -2.33. The molecule has 0 fully saturated rings. The van der Waals surface area contributed by atoms with Gasteiger partial charge in [-0.1, -0.05) is 0 Å². The Hall–Kier alpha value is -1.77. The number of benzene rings is 1. The predicted molar refractivity (Wildman–Crippen MR) is 83.1 cm³/mol. The molecule has 8 heteroatoms. The van der Waals surface area contributed by atoms with E-state index in [0.717, 1.165) is 4.31 Å². The zero-order valence-corrected chi connectivity index (χ0v) is 13.6. The lowest BCUT2D eigenvalue weighted by Gasteiger charge is -2.24. The van der Waals surface area contributed by atoms with Crippen LogP contribution in [0, 0.1) is 0 Å². The average Bonchev–Trinajstić information content (AvgIpc) is 2.54. The summed E-state index contributed by atoms with van der Waals surface area (Å²) in [6.45, 7) is 0.0897. The van der Waals surface area contributed by atoms with Crippen LogP contribution in [0.4, 0.5) is 4.39 Å². The molecule has 2 rings (SSSR count). The molecule has 0 unspecified atom stereocenters. The maximum Gasteiger partial charge on any atom is 0.254 e. The van der Waals surface area contributed by atoms with Gasteiger partial charge in [-0.25, -0.2) is 12.8 Å². The van der Waals surface area contributed by atoms with Crippen LogP contribution in [0.25, 0.3) is 0 Å². The summed E-state index contributed by atoms with van der Waals surface area (Å²) in [6.07, 6.45) is 1.92. The Morgan fingerprint density at radius 2 is 2.00 bits per heavy atom. The van der Waals surface area contributed by atoms with Gasteiger partial charge in [0.25, 0.3) is 5.91 Å². The van der Waals surface area contributed by atoms with Crippen LogP contribution in [0.15, 0.2) is 41.1 Å². The zero-order valence-electron chi connectivity index (χ0n) is 12.8. The highest BCUT2D eigenvalue weighted by Gasteiger charge is 2.23. The highest BCUT2D eigenvalue weighted by Crippen LogP contribution is 2.18. The van der Waals surface area contributed by atoms with Crippen LogP contribution in [-0.2, 0) is 10.0 Å². The van der Waals surface area contributed by atoms with E-state index in [1.165, 1.54) is 42.3 Å². The van der Waals surface area contributed by atoms with E-state index >= 15 is 0 Å². The topological polar surface area (TPSA) is 77.9 Å². The molecule has 1 aliphatic rings. The Morgan fingerprint density at radius 3 is 2.57 bits per heavy atom. The quantitative estimate of drug-likeness (QED) is 0.866. The summed E-state index contributed by atoms with van der Waals surface area (Å²) in [6, 6.07) is 5.51. The van der Waals surface area contributed by atoms with Gasteiger partial charge in [-0.3, -0.25) is 4.79 Å². The molecule has 0 spiro atoms. The van der Waals surface area contributed by atoms with Crippen LogP contribution in [-0.4, -0.2) is 61.9 Å². The number of hydrogen-bond acceptors (Lipinski definition) is 4. The van der Waals surface area contributed by atoms with Gasteiger partial charge in [-0.15, -0.1) is 0 Å². The van der Waals surface area contributed by atoms with Crippen LogP contribution in [0.3, 0.4) is 0 Å². The molecule has 6 nitrogen and oxygen atoms in total. The van der Waals surface area contributed by atoms with Gasteiger partial charge >= 0.3 is 0 Å². The first-order chi connectivity index (χ1) is 10.9. The molecule has 0 aliphatic carbocycles. The van der Waals surface area contributed by atoms with Crippen molar-refractivity contribution in [1.29, 1.82) is 0 Å². The van der Waals surface area contributed by atoms with Gasteiger partial charge in [-0.05, 0) is 36.8 Å². The number of carbonyl (C=O) groups is 1. The fourth-order valence-corrected chi connectivity index (χ4v) is 3.43. The third-order valence-corrected chi connectivity index (χ3v) is 5.49. The molecule has 1 amide bonds. The Balaban J connectivity index is 2.16. The molecule has 1 N–H and O–H groups in total. The van der Waals surface area contributed by atoms with Crippen LogP contribution < -0.4 is 0 Å². The van der Waals surface area contributed by atoms with Crippen LogP contribution in [0.2, 0.25) is 0 Å². The van der Waals surface area contributed by atoms with Gasteiger partial charge in [0, 0.05) is 25.7 Å². The number of amides is 1. The lowest BCUT2D eigenvalue weighted by molar-refractivity contribution is 0.0755. The van der Waals surface area contributed by atoms with Gasteiger partial charge in [0.15, 0.2) is 0 Å². The molecule has 1 aliphatic heterocycles. The number of carbonyl (C=O) groups excluding carboxylic acids is 1. The number of nitrogens with zero attached hydrogens (tertiary/aromatic N) is 2. The number of likely N-dealkylation sites (N-methyl/N-ethyl adjacent to an activating group) is 1. The molecular weight excluding hydrogens is 323 g/mol. The Kier molecular flexibility index (Phi) is 5.51. The van der Waals surface area contributed by atoms with Crippen molar-refractivity contribution in [3.63, 3.8) is 0 Å². The standard InChI is InChI=1S/C15H19FN2O4S/c1-17(9-10-19)23(21,22)14-6-4-12(5-7-14)15(20)18-8-2-3-13(16)11-18/h3-7,19H,2,8-11H2,1H3. The lowest BCUT2D eigenvalue weighted by atomic mass is 10.1. The minimum atomic E-state index is -3.70. The first kappa shape index (κ1) is 17.6. The number of rotatable bonds is 5. The second-order valence-corrected chi connectivity index (χ2v) is 7.29. The minimum absolute atomic E-state index is 0.0115. The largest absolute Gasteiger partial charge is 0.395 e. The zero-order chi connectivity index (χ0) is 17.0. The Morgan fingerprint density at radius 1 is 1.35 bits per heavy atom. The monoisotopic (exact) mass is 342 g/mol. The van der Waals surface area contributed by atoms with Crippen molar-refractivity contribution in [2.24, 2.45) is 0 Å². The molecule has 23 heavy (non-hydrogen) atoms. The van der Waals surface area contributed by atoms with E-state index < -0.39 is 10.0 Å². The Bertz CT molecular complexity index is 701. The van der Waals surface area contributed by atoms with E-state index in [2.05, 4.69) is 0 Å². The molecule has 1 aromatic carbocycles. The maximum absolute atomic E-state index is 13.3. The van der Waals surface area contributed by atoms with Crippen molar-refractivity contribution >= 4 is 15.9 Å². The molecule has 0 aromatic heterocycles. The highest BCUT2D eigenvalue weighted by molar-refractivity contribution is 7.89. The molecule has 0 saturated carbocycles. The van der Waals surface area contributed by atoms with Gasteiger partial charge in [0.1, 0.15) is 5.83 Å². The van der Waals surface area contributed by atoms with Crippen LogP contribution in [0.1, 0.15) is 16.8 Å². The second-order valence-electron chi connectivity index (χ2n) is 5.24. The molecule has 0 radical (unpaired) electrons. The predicted octanol–water partition coefficient (Wildman–Crippen LogP) is 0.999. The normalized spacial score (nSPS) is 15.7. The summed E-state index contributed by atoms with van der Waals surface area (Å²) in [5, 5.41) is 8.84. The van der Waals surface area contributed by atoms with Crippen molar-refractivity contribution in [1.82, 2.24) is 9.21 Å². The van der Waals surface area contributed by atoms with Gasteiger partial charge in [0.2, 0.25) is 10.0 Å². The van der Waals surface area contributed by atoms with E-state index in [-0.39, 0.29) is 36.3 Å². The smallest absolute Gasteiger partial charge is 0.254 e. The van der Waals surface area contributed by atoms with Crippen molar-refractivity contribution in [2.45, 2.75) is 11.3 Å². The molecule has 1 aromatic rings. The third kappa shape index (κ3) is 3.95. The average molecular weight is 342 g/mol. The number of hydrogen-bond donors (Lipinski definition) is 1. The summed E-state index contributed by atoms with van der Waals surface area (Å²) in [4.78, 5) is 13.7. The van der Waals surface area contributed by atoms with Gasteiger partial charge in [0.05, 0.1) is 18.0 Å². The number of sulfonamides is 1. The van der Waals surface area contributed by atoms with Crippen molar-refractivity contribution in [2.75, 3.05) is 33.3 Å². The fraction of sp³-hybridized carbons (Fsp3) is 0.400. The molecule has 126 valence electrons. The minimum Gasteiger partial charge on any atom is -0.395 e. The van der Waals surface area contributed by atoms with E-state index in [0.29, 0.717) is 18.5 Å². The SMILES string of the molecule is CN(CCO)S(=O)(=O)c1ccc(C(=O)N2CCC=C(F)C2)cc1. The maximum atomic E-state index is 13.3. The Labute approximate surface area is 134 Å². The molecule has 1 heterocycles. The van der Waals surface area contributed by atoms with E-state index in [1.807, 2.05) is 0 Å². The lowest BCUT2D eigenvalue weighted by Crippen LogP contribution is -2.35. The van der Waals surface area contributed by atoms with Crippen LogP contribution in [0.5, 0.6) is 0 Å². The van der Waals surface area contributed by atoms with E-state index in [1.54, 1.807) is 0 Å². The van der Waals surface area contributed by atoms with E-state index in [9.17, 15) is 17.6 Å². The fourth-order valence-electron chi connectivity index (χ4n) is 2.27. The number of halogens is 1. The van der Waals surface area contributed by atoms with Gasteiger partial charge < -0.3 is 10.0 Å². The first-order valence-electron chi connectivity index (χ1n) is 7.17. The van der Waals surface area contributed by atoms with Crippen LogP contribution >= 0.6 is 0 Å². The molecule has 0 saturated heterocycles. The highest BCUT2D eigenvalue weighted by atomic mass is 32.2. The summed E-state index contributed by atoms with van der Waals surface area (Å²) in [5.74, 6) is -0.671. The third-order valence-electron chi connectivity index (χ3n) is 3.62. The van der Waals surface area contributed by atoms with Crippen molar-refractivity contribution in [3.05, 3.63) is 41.7 Å². The van der Waals surface area contributed by atoms with Crippen molar-refractivity contribution in [3.8, 4) is 0 Å². The second kappa shape index (κ2) is 7.20.